The summed E-state index contributed by atoms with van der Waals surface area (Å²) >= 11 is 0. The van der Waals surface area contributed by atoms with Gasteiger partial charge in [-0.05, 0) is 56.9 Å². The highest BCUT2D eigenvalue weighted by Gasteiger charge is 2.36. The zero-order chi connectivity index (χ0) is 23.1. The van der Waals surface area contributed by atoms with Crippen LogP contribution in [-0.2, 0) is 11.2 Å². The van der Waals surface area contributed by atoms with Gasteiger partial charge in [0, 0.05) is 25.3 Å². The number of hydrogen-bond donors (Lipinski definition) is 3. The molecule has 0 radical (unpaired) electrons. The van der Waals surface area contributed by atoms with Gasteiger partial charge >= 0.3 is 0 Å². The van der Waals surface area contributed by atoms with Gasteiger partial charge in [-0.15, -0.1) is 0 Å². The van der Waals surface area contributed by atoms with Gasteiger partial charge in [-0.2, -0.15) is 4.98 Å². The highest BCUT2D eigenvalue weighted by atomic mass is 16.5. The van der Waals surface area contributed by atoms with Gasteiger partial charge in [0.15, 0.2) is 5.82 Å². The van der Waals surface area contributed by atoms with Crippen LogP contribution in [0.15, 0.2) is 34.9 Å². The van der Waals surface area contributed by atoms with Crippen molar-refractivity contribution < 1.29 is 19.5 Å². The van der Waals surface area contributed by atoms with Crippen LogP contribution in [0.5, 0.6) is 0 Å². The Morgan fingerprint density at radius 3 is 2.69 bits per heavy atom. The maximum atomic E-state index is 12.4. The second-order valence-corrected chi connectivity index (χ2v) is 9.71. The Labute approximate surface area is 190 Å². The smallest absolute Gasteiger partial charge is 0.227 e. The van der Waals surface area contributed by atoms with E-state index in [1.165, 1.54) is 0 Å². The normalized spacial score (nSPS) is 29.4. The summed E-state index contributed by atoms with van der Waals surface area (Å²) in [6.45, 7) is 6.20. The minimum Gasteiger partial charge on any atom is -0.393 e. The van der Waals surface area contributed by atoms with Crippen molar-refractivity contribution in [2.45, 2.75) is 83.3 Å². The number of aliphatic hydroxyl groups excluding tert-OH is 1. The van der Waals surface area contributed by atoms with Gasteiger partial charge in [0.25, 0.3) is 0 Å². The van der Waals surface area contributed by atoms with E-state index in [1.54, 1.807) is 6.92 Å². The van der Waals surface area contributed by atoms with E-state index >= 15 is 0 Å². The molecular formula is C25H37N3O4. The number of carbonyl (C=O) groups is 1. The highest BCUT2D eigenvalue weighted by molar-refractivity contribution is 5.76. The number of amides is 1. The molecule has 1 heterocycles. The van der Waals surface area contributed by atoms with Crippen molar-refractivity contribution in [1.29, 1.82) is 0 Å². The lowest BCUT2D eigenvalue weighted by Gasteiger charge is -2.38. The van der Waals surface area contributed by atoms with E-state index in [0.717, 1.165) is 24.8 Å². The lowest BCUT2D eigenvalue weighted by Crippen LogP contribution is -2.44. The molecule has 1 aliphatic carbocycles. The maximum absolute atomic E-state index is 12.4. The standard InChI is InChI=1S/C25H37N3O4/c1-17-9-10-21(16-26-23(30)11-12-24-27-18(2)28-32-24)25(3,31)15-20(14-22(29)13-17)19-7-5-4-6-8-19/h4-8,17,20-22,29,31H,9-16H2,1-3H3,(H,26,30)/t17-,20-,21+,22+,25-/m1/s1. The van der Waals surface area contributed by atoms with Gasteiger partial charge < -0.3 is 20.1 Å². The summed E-state index contributed by atoms with van der Waals surface area (Å²) in [6, 6.07) is 10.1. The van der Waals surface area contributed by atoms with E-state index in [9.17, 15) is 15.0 Å². The van der Waals surface area contributed by atoms with Crippen LogP contribution in [0.2, 0.25) is 0 Å². The topological polar surface area (TPSA) is 108 Å². The average Bonchev–Trinajstić information content (AvgIpc) is 3.16. The van der Waals surface area contributed by atoms with Crippen LogP contribution in [0.25, 0.3) is 0 Å². The lowest BCUT2D eigenvalue weighted by molar-refractivity contribution is -0.122. The zero-order valence-corrected chi connectivity index (χ0v) is 19.5. The first kappa shape index (κ1) is 24.4. The van der Waals surface area contributed by atoms with Crippen LogP contribution < -0.4 is 5.32 Å². The Hall–Kier alpha value is -2.25. The van der Waals surface area contributed by atoms with E-state index in [0.29, 0.717) is 43.4 Å². The molecule has 5 atom stereocenters. The van der Waals surface area contributed by atoms with E-state index in [-0.39, 0.29) is 30.3 Å². The number of nitrogens with zero attached hydrogens (tertiary/aromatic N) is 2. The third kappa shape index (κ3) is 7.14. The second-order valence-electron chi connectivity index (χ2n) is 9.71. The molecule has 0 saturated heterocycles. The summed E-state index contributed by atoms with van der Waals surface area (Å²) in [5.74, 6) is 1.28. The van der Waals surface area contributed by atoms with Crippen molar-refractivity contribution >= 4 is 5.91 Å². The molecule has 3 N–H and O–H groups in total. The van der Waals surface area contributed by atoms with Gasteiger partial charge in [-0.25, -0.2) is 0 Å². The SMILES string of the molecule is Cc1noc(CCC(=O)NC[C@@H]2CC[C@@H](C)C[C@H](O)C[C@@H](c3ccccc3)C[C@@]2(C)O)n1. The Morgan fingerprint density at radius 1 is 1.25 bits per heavy atom. The van der Waals surface area contributed by atoms with E-state index in [2.05, 4.69) is 34.5 Å². The van der Waals surface area contributed by atoms with Gasteiger partial charge in [0.05, 0.1) is 11.7 Å². The summed E-state index contributed by atoms with van der Waals surface area (Å²) < 4.78 is 5.07. The quantitative estimate of drug-likeness (QED) is 0.630. The maximum Gasteiger partial charge on any atom is 0.227 e. The molecule has 0 aliphatic heterocycles. The summed E-state index contributed by atoms with van der Waals surface area (Å²) in [6.07, 6.45) is 3.93. The fraction of sp³-hybridized carbons (Fsp3) is 0.640. The molecule has 0 unspecified atom stereocenters. The van der Waals surface area contributed by atoms with Crippen LogP contribution in [0.1, 0.15) is 75.6 Å². The van der Waals surface area contributed by atoms with Gasteiger partial charge in [-0.3, -0.25) is 4.79 Å². The predicted molar refractivity (Wildman–Crippen MR) is 122 cm³/mol. The molecule has 7 nitrogen and oxygen atoms in total. The average molecular weight is 444 g/mol. The minimum absolute atomic E-state index is 0.0606. The molecule has 1 fully saturated rings. The molecule has 1 aliphatic rings. The van der Waals surface area contributed by atoms with Crippen LogP contribution in [0, 0.1) is 18.8 Å². The first-order valence-electron chi connectivity index (χ1n) is 11.7. The number of hydrogen-bond acceptors (Lipinski definition) is 6. The minimum atomic E-state index is -0.964. The third-order valence-corrected chi connectivity index (χ3v) is 6.73. The molecule has 0 bridgehead atoms. The first-order valence-corrected chi connectivity index (χ1v) is 11.7. The molecule has 1 aromatic heterocycles. The van der Waals surface area contributed by atoms with Gasteiger partial charge in [-0.1, -0.05) is 48.8 Å². The molecule has 3 rings (SSSR count). The van der Waals surface area contributed by atoms with Gasteiger partial charge in [0.1, 0.15) is 0 Å². The van der Waals surface area contributed by atoms with E-state index in [1.807, 2.05) is 25.1 Å². The Bertz CT molecular complexity index is 852. The number of carbonyl (C=O) groups excluding carboxylic acids is 1. The first-order chi connectivity index (χ1) is 15.2. The molecule has 176 valence electrons. The fourth-order valence-corrected chi connectivity index (χ4v) is 4.84. The van der Waals surface area contributed by atoms with Crippen LogP contribution in [-0.4, -0.2) is 44.5 Å². The largest absolute Gasteiger partial charge is 0.393 e. The lowest BCUT2D eigenvalue weighted by atomic mass is 9.73. The second kappa shape index (κ2) is 11.1. The Balaban J connectivity index is 1.65. The van der Waals surface area contributed by atoms with E-state index in [4.69, 9.17) is 4.52 Å². The molecule has 2 aromatic rings. The highest BCUT2D eigenvalue weighted by Crippen LogP contribution is 2.38. The summed E-state index contributed by atoms with van der Waals surface area (Å²) in [7, 11) is 0. The van der Waals surface area contributed by atoms with E-state index < -0.39 is 5.60 Å². The van der Waals surface area contributed by atoms with Crippen molar-refractivity contribution in [3.63, 3.8) is 0 Å². The van der Waals surface area contributed by atoms with Crippen LogP contribution in [0.4, 0.5) is 0 Å². The molecule has 32 heavy (non-hydrogen) atoms. The van der Waals surface area contributed by atoms with Crippen molar-refractivity contribution in [3.8, 4) is 0 Å². The van der Waals surface area contributed by atoms with Crippen molar-refractivity contribution in [1.82, 2.24) is 15.5 Å². The number of aromatic nitrogens is 2. The summed E-state index contributed by atoms with van der Waals surface area (Å²) in [5.41, 5.74) is 0.173. The predicted octanol–water partition coefficient (Wildman–Crippen LogP) is 3.54. The number of rotatable bonds is 6. The Morgan fingerprint density at radius 2 is 2.00 bits per heavy atom. The molecular weight excluding hydrogens is 406 g/mol. The van der Waals surface area contributed by atoms with Crippen molar-refractivity contribution in [3.05, 3.63) is 47.6 Å². The van der Waals surface area contributed by atoms with Crippen LogP contribution >= 0.6 is 0 Å². The molecule has 7 heteroatoms. The van der Waals surface area contributed by atoms with Crippen molar-refractivity contribution in [2.75, 3.05) is 6.54 Å². The number of aliphatic hydroxyl groups is 2. The number of aryl methyl sites for hydroxylation is 2. The fourth-order valence-electron chi connectivity index (χ4n) is 4.84. The molecule has 1 amide bonds. The summed E-state index contributed by atoms with van der Waals surface area (Å²) in [4.78, 5) is 16.6. The Kier molecular flexibility index (Phi) is 8.43. The van der Waals surface area contributed by atoms with Crippen molar-refractivity contribution in [2.24, 2.45) is 11.8 Å². The third-order valence-electron chi connectivity index (χ3n) is 6.73. The number of nitrogens with one attached hydrogen (secondary N) is 1. The summed E-state index contributed by atoms with van der Waals surface area (Å²) in [5, 5.41) is 28.9. The number of benzene rings is 1. The molecule has 1 aromatic carbocycles. The van der Waals surface area contributed by atoms with Gasteiger partial charge in [0.2, 0.25) is 11.8 Å². The zero-order valence-electron chi connectivity index (χ0n) is 19.5. The molecule has 0 spiro atoms. The molecule has 1 saturated carbocycles. The monoisotopic (exact) mass is 443 g/mol. The van der Waals surface area contributed by atoms with Crippen LogP contribution in [0.3, 0.4) is 0 Å².